The average molecular weight is 134 g/mol. The van der Waals surface area contributed by atoms with Gasteiger partial charge in [0.1, 0.15) is 0 Å². The summed E-state index contributed by atoms with van der Waals surface area (Å²) >= 11 is 0. The molecule has 9 heavy (non-hydrogen) atoms. The zero-order valence-corrected chi connectivity index (χ0v) is 5.48. The zero-order chi connectivity index (χ0) is 12.6. The highest BCUT2D eigenvalue weighted by Gasteiger charge is 2.07. The van der Waals surface area contributed by atoms with Crippen LogP contribution >= 0.6 is 0 Å². The third kappa shape index (κ3) is 2.35. The van der Waals surface area contributed by atoms with Gasteiger partial charge in [0.2, 0.25) is 0 Å². The molecule has 0 aromatic heterocycles. The smallest absolute Gasteiger partial charge is 0.0430 e. The van der Waals surface area contributed by atoms with Gasteiger partial charge in [-0.05, 0) is 38.8 Å². The van der Waals surface area contributed by atoms with Crippen LogP contribution in [0.15, 0.2) is 0 Å². The van der Waals surface area contributed by atoms with E-state index >= 15 is 0 Å². The number of likely N-dealkylation sites (tertiary alicyclic amines) is 1. The van der Waals surface area contributed by atoms with Gasteiger partial charge in [-0.15, -0.1) is 0 Å². The Morgan fingerprint density at radius 1 is 1.44 bits per heavy atom. The van der Waals surface area contributed by atoms with Gasteiger partial charge in [-0.2, -0.15) is 0 Å². The minimum Gasteiger partial charge on any atom is -0.303 e. The first-order valence-corrected chi connectivity index (χ1v) is 3.36. The second-order valence-electron chi connectivity index (χ2n) is 2.28. The summed E-state index contributed by atoms with van der Waals surface area (Å²) in [5.41, 5.74) is 0. The van der Waals surface area contributed by atoms with Crippen LogP contribution in [0.1, 0.15) is 42.1 Å². The molecule has 0 unspecified atom stereocenters. The third-order valence-electron chi connectivity index (χ3n) is 1.57. The molecular weight excluding hydrogens is 110 g/mol. The van der Waals surface area contributed by atoms with Crippen molar-refractivity contribution in [2.75, 3.05) is 19.6 Å². The Balaban J connectivity index is 2.90. The predicted molar refractivity (Wildman–Crippen MR) is 40.6 cm³/mol. The van der Waals surface area contributed by atoms with Crippen molar-refractivity contribution in [3.63, 3.8) is 0 Å². The van der Waals surface area contributed by atoms with E-state index in [2.05, 4.69) is 0 Å². The van der Waals surface area contributed by atoms with E-state index in [4.69, 9.17) is 9.60 Å². The molecule has 0 bridgehead atoms. The molecule has 0 saturated carbocycles. The molecule has 0 radical (unpaired) electrons. The zero-order valence-electron chi connectivity index (χ0n) is 12.5. The maximum atomic E-state index is 7.74. The molecule has 1 aliphatic heterocycles. The van der Waals surface area contributed by atoms with E-state index in [-0.39, 0.29) is 0 Å². The number of rotatable bonds is 2. The van der Waals surface area contributed by atoms with Crippen molar-refractivity contribution in [1.82, 2.24) is 4.90 Å². The van der Waals surface area contributed by atoms with Gasteiger partial charge in [0.15, 0.2) is 0 Å². The first-order chi connectivity index (χ1) is 7.11. The Morgan fingerprint density at radius 3 is 2.89 bits per heavy atom. The molecule has 1 saturated heterocycles. The van der Waals surface area contributed by atoms with Crippen LogP contribution < -0.4 is 0 Å². The minimum absolute atomic E-state index is 0.419. The van der Waals surface area contributed by atoms with Gasteiger partial charge in [0, 0.05) is 9.60 Å². The SMILES string of the molecule is [2H]C([2H])([2H])C([2H])([2H])C([2H])([2H])N1CCCCC1. The fraction of sp³-hybridized carbons (Fsp3) is 1.00. The summed E-state index contributed by atoms with van der Waals surface area (Å²) in [6, 6.07) is 0. The molecule has 1 heteroatoms. The van der Waals surface area contributed by atoms with Crippen molar-refractivity contribution in [2.45, 2.75) is 32.5 Å². The number of hydrogen-bond donors (Lipinski definition) is 0. The fourth-order valence-corrected chi connectivity index (χ4v) is 1.08. The van der Waals surface area contributed by atoms with Gasteiger partial charge in [-0.25, -0.2) is 0 Å². The first-order valence-electron chi connectivity index (χ1n) is 6.86. The van der Waals surface area contributed by atoms with E-state index in [1.165, 1.54) is 4.90 Å². The Labute approximate surface area is 67.9 Å². The summed E-state index contributed by atoms with van der Waals surface area (Å²) in [5.74, 6) is 0. The van der Waals surface area contributed by atoms with Crippen LogP contribution in [0.4, 0.5) is 0 Å². The molecule has 0 spiro atoms. The van der Waals surface area contributed by atoms with Crippen LogP contribution in [0.5, 0.6) is 0 Å². The number of nitrogens with zero attached hydrogens (tertiary/aromatic N) is 1. The van der Waals surface area contributed by atoms with Gasteiger partial charge in [0.25, 0.3) is 0 Å². The molecule has 1 heterocycles. The molecule has 1 rings (SSSR count). The van der Waals surface area contributed by atoms with E-state index in [1.807, 2.05) is 0 Å². The highest BCUT2D eigenvalue weighted by atomic mass is 15.1. The normalized spacial score (nSPS) is 38.4. The lowest BCUT2D eigenvalue weighted by Gasteiger charge is -2.25. The van der Waals surface area contributed by atoms with E-state index in [9.17, 15) is 0 Å². The summed E-state index contributed by atoms with van der Waals surface area (Å²) in [6.07, 6.45) is -0.284. The molecule has 0 aliphatic carbocycles. The standard InChI is InChI=1S/C8H17N/c1-2-6-9-7-4-3-5-8-9/h2-8H2,1H3/i1D3,2D2,6D2. The van der Waals surface area contributed by atoms with Crippen LogP contribution in [-0.2, 0) is 0 Å². The average Bonchev–Trinajstić information content (AvgIpc) is 2.17. The lowest BCUT2D eigenvalue weighted by Crippen LogP contribution is -2.30. The molecule has 1 nitrogen and oxygen atoms in total. The Morgan fingerprint density at radius 2 is 2.22 bits per heavy atom. The monoisotopic (exact) mass is 134 g/mol. The number of hydrogen-bond acceptors (Lipinski definition) is 1. The third-order valence-corrected chi connectivity index (χ3v) is 1.57. The number of piperidine rings is 1. The van der Waals surface area contributed by atoms with E-state index in [0.717, 1.165) is 19.3 Å². The molecule has 0 aromatic carbocycles. The van der Waals surface area contributed by atoms with Gasteiger partial charge < -0.3 is 4.90 Å². The highest BCUT2D eigenvalue weighted by Crippen LogP contribution is 2.07. The van der Waals surface area contributed by atoms with Crippen molar-refractivity contribution >= 4 is 0 Å². The molecular formula is C8H17N. The van der Waals surface area contributed by atoms with E-state index in [0.29, 0.717) is 13.1 Å². The topological polar surface area (TPSA) is 3.24 Å². The maximum absolute atomic E-state index is 7.74. The summed E-state index contributed by atoms with van der Waals surface area (Å²) in [5, 5.41) is 0. The summed E-state index contributed by atoms with van der Waals surface area (Å²) in [6.45, 7) is -4.56. The van der Waals surface area contributed by atoms with Crippen LogP contribution in [0, 0.1) is 0 Å². The van der Waals surface area contributed by atoms with Gasteiger partial charge in [-0.3, -0.25) is 0 Å². The van der Waals surface area contributed by atoms with Crippen molar-refractivity contribution < 1.29 is 9.60 Å². The molecule has 1 aliphatic rings. The van der Waals surface area contributed by atoms with Crippen LogP contribution in [0.25, 0.3) is 0 Å². The van der Waals surface area contributed by atoms with Crippen LogP contribution in [0.3, 0.4) is 0 Å². The Hall–Kier alpha value is -0.0400. The predicted octanol–water partition coefficient (Wildman–Crippen LogP) is 1.88. The molecule has 0 amide bonds. The van der Waals surface area contributed by atoms with Gasteiger partial charge in [-0.1, -0.05) is 13.3 Å². The van der Waals surface area contributed by atoms with Crippen molar-refractivity contribution in [1.29, 1.82) is 0 Å². The summed E-state index contributed by atoms with van der Waals surface area (Å²) in [7, 11) is 0. The molecule has 0 N–H and O–H groups in total. The maximum Gasteiger partial charge on any atom is 0.0430 e. The van der Waals surface area contributed by atoms with Gasteiger partial charge >= 0.3 is 0 Å². The Kier molecular flexibility index (Phi) is 0.963. The van der Waals surface area contributed by atoms with E-state index in [1.54, 1.807) is 0 Å². The second kappa shape index (κ2) is 3.89. The van der Waals surface area contributed by atoms with Crippen molar-refractivity contribution in [2.24, 2.45) is 0 Å². The fourth-order valence-electron chi connectivity index (χ4n) is 1.08. The summed E-state index contributed by atoms with van der Waals surface area (Å²) in [4.78, 5) is 1.31. The minimum atomic E-state index is -2.95. The largest absolute Gasteiger partial charge is 0.303 e. The molecule has 54 valence electrons. The molecule has 1 fully saturated rings. The van der Waals surface area contributed by atoms with Crippen molar-refractivity contribution in [3.8, 4) is 0 Å². The lowest BCUT2D eigenvalue weighted by molar-refractivity contribution is 0.229. The quantitative estimate of drug-likeness (QED) is 0.557. The Bertz CT molecular complexity index is 241. The van der Waals surface area contributed by atoms with Crippen LogP contribution in [-0.4, -0.2) is 24.5 Å². The molecule has 0 atom stereocenters. The highest BCUT2D eigenvalue weighted by molar-refractivity contribution is 4.62. The van der Waals surface area contributed by atoms with Crippen molar-refractivity contribution in [3.05, 3.63) is 0 Å². The van der Waals surface area contributed by atoms with Crippen LogP contribution in [0.2, 0.25) is 0 Å². The van der Waals surface area contributed by atoms with E-state index < -0.39 is 19.7 Å². The second-order valence-corrected chi connectivity index (χ2v) is 2.28. The molecule has 0 aromatic rings. The summed E-state index contributed by atoms with van der Waals surface area (Å²) < 4.78 is 51.8. The first kappa shape index (κ1) is 2.23. The lowest BCUT2D eigenvalue weighted by atomic mass is 10.1. The van der Waals surface area contributed by atoms with Gasteiger partial charge in [0.05, 0.1) is 0 Å².